The van der Waals surface area contributed by atoms with Crippen molar-refractivity contribution in [3.8, 4) is 0 Å². The molecule has 1 fully saturated rings. The number of pyridine rings is 1. The largest absolute Gasteiger partial charge is 0.382 e. The van der Waals surface area contributed by atoms with Gasteiger partial charge in [-0.15, -0.1) is 0 Å². The number of fused-ring (bicyclic) bond motifs is 1. The number of hydrogen-bond acceptors (Lipinski definition) is 4. The molecule has 0 aliphatic carbocycles. The van der Waals surface area contributed by atoms with Gasteiger partial charge in [-0.2, -0.15) is 0 Å². The fraction of sp³-hybridized carbons (Fsp3) is 0.471. The molecule has 1 aliphatic rings. The summed E-state index contributed by atoms with van der Waals surface area (Å²) >= 11 is 0. The third-order valence-corrected chi connectivity index (χ3v) is 3.94. The fourth-order valence-electron chi connectivity index (χ4n) is 2.88. The zero-order valence-electron chi connectivity index (χ0n) is 12.7. The highest BCUT2D eigenvalue weighted by atomic mass is 16.5. The topological polar surface area (TPSA) is 34.6 Å². The van der Waals surface area contributed by atoms with Crippen molar-refractivity contribution in [2.24, 2.45) is 0 Å². The van der Waals surface area contributed by atoms with Gasteiger partial charge in [0.2, 0.25) is 0 Å². The van der Waals surface area contributed by atoms with E-state index in [2.05, 4.69) is 36.1 Å². The first-order valence-corrected chi connectivity index (χ1v) is 7.56. The van der Waals surface area contributed by atoms with Crippen LogP contribution in [-0.2, 0) is 15.9 Å². The highest BCUT2D eigenvalue weighted by Gasteiger charge is 2.22. The first kappa shape index (κ1) is 14.3. The number of aromatic nitrogens is 1. The zero-order valence-corrected chi connectivity index (χ0v) is 12.7. The maximum Gasteiger partial charge on any atom is 0.0983 e. The van der Waals surface area contributed by atoms with Crippen molar-refractivity contribution in [1.29, 1.82) is 0 Å². The van der Waals surface area contributed by atoms with E-state index >= 15 is 0 Å². The van der Waals surface area contributed by atoms with Crippen LogP contribution in [0.3, 0.4) is 0 Å². The standard InChI is InChI=1S/C17H22N2O2/c1-3-13-10-17(15-6-4-5-7-16(15)18-13)19-8-9-21-14(11-19)12-20-2/h4-7,10,14H,3,8-9,11-12H2,1-2H3. The molecular weight excluding hydrogens is 264 g/mol. The second kappa shape index (κ2) is 6.41. The molecule has 0 bridgehead atoms. The summed E-state index contributed by atoms with van der Waals surface area (Å²) in [5.41, 5.74) is 3.47. The molecule has 4 nitrogen and oxygen atoms in total. The minimum absolute atomic E-state index is 0.140. The van der Waals surface area contributed by atoms with Crippen molar-refractivity contribution in [3.05, 3.63) is 36.0 Å². The van der Waals surface area contributed by atoms with Gasteiger partial charge in [0.1, 0.15) is 0 Å². The van der Waals surface area contributed by atoms with E-state index in [1.54, 1.807) is 7.11 Å². The fourth-order valence-corrected chi connectivity index (χ4v) is 2.88. The molecule has 0 amide bonds. The average Bonchev–Trinajstić information content (AvgIpc) is 2.54. The van der Waals surface area contributed by atoms with Gasteiger partial charge in [-0.05, 0) is 18.6 Å². The van der Waals surface area contributed by atoms with Gasteiger partial charge in [0.15, 0.2) is 0 Å². The highest BCUT2D eigenvalue weighted by molar-refractivity contribution is 5.92. The van der Waals surface area contributed by atoms with Gasteiger partial charge < -0.3 is 14.4 Å². The van der Waals surface area contributed by atoms with E-state index in [4.69, 9.17) is 14.5 Å². The first-order chi connectivity index (χ1) is 10.3. The summed E-state index contributed by atoms with van der Waals surface area (Å²) in [6.07, 6.45) is 1.09. The quantitative estimate of drug-likeness (QED) is 0.865. The molecule has 0 saturated carbocycles. The third-order valence-electron chi connectivity index (χ3n) is 3.94. The molecule has 1 aliphatic heterocycles. The molecule has 4 heteroatoms. The Labute approximate surface area is 125 Å². The van der Waals surface area contributed by atoms with Crippen LogP contribution in [0.15, 0.2) is 30.3 Å². The summed E-state index contributed by atoms with van der Waals surface area (Å²) < 4.78 is 11.0. The van der Waals surface area contributed by atoms with Crippen molar-refractivity contribution < 1.29 is 9.47 Å². The number of hydrogen-bond donors (Lipinski definition) is 0. The van der Waals surface area contributed by atoms with E-state index < -0.39 is 0 Å². The number of morpholine rings is 1. The summed E-state index contributed by atoms with van der Waals surface area (Å²) in [6, 6.07) is 10.6. The molecular formula is C17H22N2O2. The Morgan fingerprint density at radius 2 is 2.24 bits per heavy atom. The van der Waals surface area contributed by atoms with Crippen LogP contribution >= 0.6 is 0 Å². The molecule has 2 aromatic rings. The van der Waals surface area contributed by atoms with Gasteiger partial charge in [0, 0.05) is 37.0 Å². The molecule has 3 rings (SSSR count). The van der Waals surface area contributed by atoms with Gasteiger partial charge in [0.25, 0.3) is 0 Å². The van der Waals surface area contributed by atoms with Crippen LogP contribution in [0.1, 0.15) is 12.6 Å². The monoisotopic (exact) mass is 286 g/mol. The SMILES string of the molecule is CCc1cc(N2CCOC(COC)C2)c2ccccc2n1. The lowest BCUT2D eigenvalue weighted by Crippen LogP contribution is -2.44. The Morgan fingerprint density at radius 1 is 1.38 bits per heavy atom. The Balaban J connectivity index is 1.98. The van der Waals surface area contributed by atoms with Crippen LogP contribution < -0.4 is 4.90 Å². The molecule has 1 aromatic heterocycles. The number of methoxy groups -OCH3 is 1. The minimum Gasteiger partial charge on any atom is -0.382 e. The van der Waals surface area contributed by atoms with E-state index in [-0.39, 0.29) is 6.10 Å². The second-order valence-electron chi connectivity index (χ2n) is 5.40. The van der Waals surface area contributed by atoms with E-state index in [1.165, 1.54) is 11.1 Å². The molecule has 1 saturated heterocycles. The lowest BCUT2D eigenvalue weighted by Gasteiger charge is -2.35. The summed E-state index contributed by atoms with van der Waals surface area (Å²) in [6.45, 7) is 5.31. The van der Waals surface area contributed by atoms with Crippen molar-refractivity contribution >= 4 is 16.6 Å². The summed E-state index contributed by atoms with van der Waals surface area (Å²) in [4.78, 5) is 7.12. The summed E-state index contributed by atoms with van der Waals surface area (Å²) in [7, 11) is 1.72. The van der Waals surface area contributed by atoms with Crippen LogP contribution in [-0.4, -0.2) is 44.5 Å². The molecule has 2 heterocycles. The Bertz CT molecular complexity index is 613. The predicted octanol–water partition coefficient (Wildman–Crippen LogP) is 2.65. The number of nitrogens with zero attached hydrogens (tertiary/aromatic N) is 2. The molecule has 1 unspecified atom stereocenters. The number of aryl methyl sites for hydroxylation is 1. The molecule has 21 heavy (non-hydrogen) atoms. The second-order valence-corrected chi connectivity index (χ2v) is 5.40. The number of para-hydroxylation sites is 1. The van der Waals surface area contributed by atoms with Crippen LogP contribution in [0.5, 0.6) is 0 Å². The van der Waals surface area contributed by atoms with Gasteiger partial charge in [0.05, 0.1) is 24.8 Å². The third kappa shape index (κ3) is 3.01. The lowest BCUT2D eigenvalue weighted by molar-refractivity contribution is -0.00996. The molecule has 1 aromatic carbocycles. The molecule has 0 spiro atoms. The van der Waals surface area contributed by atoms with E-state index in [0.29, 0.717) is 6.61 Å². The summed E-state index contributed by atoms with van der Waals surface area (Å²) in [5, 5.41) is 1.22. The molecule has 0 N–H and O–H groups in total. The van der Waals surface area contributed by atoms with E-state index in [9.17, 15) is 0 Å². The van der Waals surface area contributed by atoms with Crippen molar-refractivity contribution in [2.75, 3.05) is 38.3 Å². The number of rotatable bonds is 4. The summed E-state index contributed by atoms with van der Waals surface area (Å²) in [5.74, 6) is 0. The first-order valence-electron chi connectivity index (χ1n) is 7.56. The van der Waals surface area contributed by atoms with Crippen LogP contribution in [0.25, 0.3) is 10.9 Å². The smallest absolute Gasteiger partial charge is 0.0983 e. The lowest BCUT2D eigenvalue weighted by atomic mass is 10.1. The maximum atomic E-state index is 5.76. The average molecular weight is 286 g/mol. The van der Waals surface area contributed by atoms with Gasteiger partial charge in [-0.3, -0.25) is 4.98 Å². The molecule has 0 radical (unpaired) electrons. The Hall–Kier alpha value is -1.65. The minimum atomic E-state index is 0.140. The van der Waals surface area contributed by atoms with Crippen LogP contribution in [0, 0.1) is 0 Å². The van der Waals surface area contributed by atoms with Gasteiger partial charge >= 0.3 is 0 Å². The normalized spacial score (nSPS) is 19.1. The number of benzene rings is 1. The molecule has 112 valence electrons. The molecule has 1 atom stereocenters. The van der Waals surface area contributed by atoms with Crippen molar-refractivity contribution in [3.63, 3.8) is 0 Å². The van der Waals surface area contributed by atoms with Gasteiger partial charge in [-0.1, -0.05) is 25.1 Å². The maximum absolute atomic E-state index is 5.76. The zero-order chi connectivity index (χ0) is 14.7. The predicted molar refractivity (Wildman–Crippen MR) is 85.0 cm³/mol. The number of ether oxygens (including phenoxy) is 2. The van der Waals surface area contributed by atoms with Crippen molar-refractivity contribution in [2.45, 2.75) is 19.4 Å². The van der Waals surface area contributed by atoms with E-state index in [0.717, 1.165) is 37.3 Å². The van der Waals surface area contributed by atoms with Crippen LogP contribution in [0.2, 0.25) is 0 Å². The van der Waals surface area contributed by atoms with Gasteiger partial charge in [-0.25, -0.2) is 0 Å². The highest BCUT2D eigenvalue weighted by Crippen LogP contribution is 2.28. The number of anilines is 1. The Kier molecular flexibility index (Phi) is 4.36. The van der Waals surface area contributed by atoms with Crippen molar-refractivity contribution in [1.82, 2.24) is 4.98 Å². The Morgan fingerprint density at radius 3 is 3.05 bits per heavy atom. The van der Waals surface area contributed by atoms with Crippen LogP contribution in [0.4, 0.5) is 5.69 Å². The van der Waals surface area contributed by atoms with E-state index in [1.807, 2.05) is 6.07 Å².